The third kappa shape index (κ3) is 5.32. The molecule has 8 nitrogen and oxygen atoms in total. The van der Waals surface area contributed by atoms with Gasteiger partial charge in [0, 0.05) is 25.7 Å². The molecule has 0 spiro atoms. The molecule has 0 bridgehead atoms. The van der Waals surface area contributed by atoms with Gasteiger partial charge >= 0.3 is 6.03 Å². The van der Waals surface area contributed by atoms with Crippen molar-refractivity contribution >= 4 is 16.1 Å². The van der Waals surface area contributed by atoms with Crippen LogP contribution in [0.1, 0.15) is 19.8 Å². The summed E-state index contributed by atoms with van der Waals surface area (Å²) < 4.78 is 31.8. The van der Waals surface area contributed by atoms with Crippen LogP contribution in [0.2, 0.25) is 0 Å². The third-order valence-electron chi connectivity index (χ3n) is 4.04. The van der Waals surface area contributed by atoms with Crippen molar-refractivity contribution in [3.63, 3.8) is 0 Å². The number of methoxy groups -OCH3 is 1. The summed E-state index contributed by atoms with van der Waals surface area (Å²) in [4.78, 5) is 11.9. The number of hydrogen-bond acceptors (Lipinski definition) is 5. The maximum absolute atomic E-state index is 12.7. The average molecular weight is 371 g/mol. The largest absolute Gasteiger partial charge is 0.497 e. The molecule has 1 atom stereocenters. The summed E-state index contributed by atoms with van der Waals surface area (Å²) >= 11 is 0. The quantitative estimate of drug-likeness (QED) is 0.676. The highest BCUT2D eigenvalue weighted by Gasteiger charge is 2.29. The number of ether oxygens (including phenoxy) is 1. The van der Waals surface area contributed by atoms with Crippen molar-refractivity contribution in [2.75, 3.05) is 26.7 Å². The number of piperidine rings is 1. The van der Waals surface area contributed by atoms with Gasteiger partial charge in [-0.25, -0.2) is 13.2 Å². The molecule has 1 saturated heterocycles. The SMILES string of the molecule is COc1ccc(S(=O)(=O)N2CCC(NC(=O)NCC(C)O)CC2)cc1. The number of sulfonamides is 1. The molecule has 2 rings (SSSR count). The number of aliphatic hydroxyl groups is 1. The van der Waals surface area contributed by atoms with Gasteiger partial charge in [-0.2, -0.15) is 4.31 Å². The highest BCUT2D eigenvalue weighted by Crippen LogP contribution is 2.22. The van der Waals surface area contributed by atoms with Gasteiger partial charge in [-0.05, 0) is 44.0 Å². The smallest absolute Gasteiger partial charge is 0.315 e. The van der Waals surface area contributed by atoms with E-state index in [4.69, 9.17) is 9.84 Å². The fraction of sp³-hybridized carbons (Fsp3) is 0.562. The number of aliphatic hydroxyl groups excluding tert-OH is 1. The Morgan fingerprint density at radius 1 is 1.32 bits per heavy atom. The number of nitrogens with one attached hydrogen (secondary N) is 2. The molecule has 1 aromatic carbocycles. The standard InChI is InChI=1S/C16H25N3O5S/c1-12(20)11-17-16(21)18-13-7-9-19(10-8-13)25(22,23)15-5-3-14(24-2)4-6-15/h3-6,12-13,20H,7-11H2,1-2H3,(H2,17,18,21). The Morgan fingerprint density at radius 2 is 1.92 bits per heavy atom. The summed E-state index contributed by atoms with van der Waals surface area (Å²) in [7, 11) is -2.02. The van der Waals surface area contributed by atoms with E-state index in [1.54, 1.807) is 19.1 Å². The first-order valence-corrected chi connectivity index (χ1v) is 9.63. The number of nitrogens with zero attached hydrogens (tertiary/aromatic N) is 1. The zero-order chi connectivity index (χ0) is 18.4. The Bertz CT molecular complexity index is 668. The fourth-order valence-electron chi connectivity index (χ4n) is 2.61. The number of rotatable bonds is 6. The number of carbonyl (C=O) groups excluding carboxylic acids is 1. The molecule has 0 saturated carbocycles. The van der Waals surface area contributed by atoms with Crippen LogP contribution in [0.3, 0.4) is 0 Å². The van der Waals surface area contributed by atoms with Crippen LogP contribution in [0.25, 0.3) is 0 Å². The molecule has 3 N–H and O–H groups in total. The van der Waals surface area contributed by atoms with Crippen molar-refractivity contribution in [1.29, 1.82) is 0 Å². The van der Waals surface area contributed by atoms with Crippen molar-refractivity contribution in [3.05, 3.63) is 24.3 Å². The van der Waals surface area contributed by atoms with Gasteiger partial charge in [-0.15, -0.1) is 0 Å². The first-order valence-electron chi connectivity index (χ1n) is 8.19. The molecule has 0 radical (unpaired) electrons. The van der Waals surface area contributed by atoms with E-state index in [2.05, 4.69) is 10.6 Å². The normalized spacial score (nSPS) is 17.7. The van der Waals surface area contributed by atoms with Crippen molar-refractivity contribution in [3.8, 4) is 5.75 Å². The second-order valence-electron chi connectivity index (χ2n) is 6.06. The van der Waals surface area contributed by atoms with E-state index in [0.29, 0.717) is 31.7 Å². The number of carbonyl (C=O) groups is 1. The lowest BCUT2D eigenvalue weighted by molar-refractivity contribution is 0.185. The van der Waals surface area contributed by atoms with Crippen LogP contribution in [0.4, 0.5) is 4.79 Å². The molecule has 0 aromatic heterocycles. The van der Waals surface area contributed by atoms with E-state index in [1.165, 1.54) is 23.5 Å². The number of urea groups is 1. The zero-order valence-electron chi connectivity index (χ0n) is 14.4. The number of hydrogen-bond donors (Lipinski definition) is 3. The van der Waals surface area contributed by atoms with E-state index in [1.807, 2.05) is 0 Å². The summed E-state index contributed by atoms with van der Waals surface area (Å²) in [6, 6.07) is 5.86. The first kappa shape index (κ1) is 19.5. The van der Waals surface area contributed by atoms with Crippen LogP contribution in [-0.2, 0) is 10.0 Å². The van der Waals surface area contributed by atoms with E-state index >= 15 is 0 Å². The van der Waals surface area contributed by atoms with Gasteiger partial charge in [0.25, 0.3) is 0 Å². The first-order chi connectivity index (χ1) is 11.8. The molecule has 1 aliphatic rings. The highest BCUT2D eigenvalue weighted by atomic mass is 32.2. The van der Waals surface area contributed by atoms with Gasteiger partial charge in [-0.3, -0.25) is 0 Å². The number of amides is 2. The lowest BCUT2D eigenvalue weighted by atomic mass is 10.1. The second-order valence-corrected chi connectivity index (χ2v) is 8.00. The fourth-order valence-corrected chi connectivity index (χ4v) is 4.08. The van der Waals surface area contributed by atoms with Gasteiger partial charge < -0.3 is 20.5 Å². The average Bonchev–Trinajstić information content (AvgIpc) is 2.60. The monoisotopic (exact) mass is 371 g/mol. The third-order valence-corrected chi connectivity index (χ3v) is 5.96. The lowest BCUT2D eigenvalue weighted by Crippen LogP contribution is -2.49. The molecule has 25 heavy (non-hydrogen) atoms. The minimum atomic E-state index is -3.54. The molecular formula is C16H25N3O5S. The Labute approximate surface area is 148 Å². The van der Waals surface area contributed by atoms with Crippen LogP contribution in [0.5, 0.6) is 5.75 Å². The van der Waals surface area contributed by atoms with Gasteiger partial charge in [0.15, 0.2) is 0 Å². The summed E-state index contributed by atoms with van der Waals surface area (Å²) in [6.45, 7) is 2.45. The van der Waals surface area contributed by atoms with E-state index in [0.717, 1.165) is 0 Å². The van der Waals surface area contributed by atoms with Crippen molar-refractivity contribution < 1.29 is 23.1 Å². The Kier molecular flexibility index (Phi) is 6.63. The topological polar surface area (TPSA) is 108 Å². The summed E-state index contributed by atoms with van der Waals surface area (Å²) in [6.07, 6.45) is 0.469. The zero-order valence-corrected chi connectivity index (χ0v) is 15.3. The Balaban J connectivity index is 1.89. The lowest BCUT2D eigenvalue weighted by Gasteiger charge is -2.31. The van der Waals surface area contributed by atoms with E-state index in [-0.39, 0.29) is 23.5 Å². The van der Waals surface area contributed by atoms with Gasteiger partial charge in [-0.1, -0.05) is 0 Å². The van der Waals surface area contributed by atoms with Crippen molar-refractivity contribution in [1.82, 2.24) is 14.9 Å². The van der Waals surface area contributed by atoms with Crippen LogP contribution in [0.15, 0.2) is 29.2 Å². The van der Waals surface area contributed by atoms with Crippen LogP contribution < -0.4 is 15.4 Å². The van der Waals surface area contributed by atoms with Crippen LogP contribution in [0, 0.1) is 0 Å². The minimum Gasteiger partial charge on any atom is -0.497 e. The molecule has 1 fully saturated rings. The summed E-state index contributed by atoms with van der Waals surface area (Å²) in [5, 5.41) is 14.5. The minimum absolute atomic E-state index is 0.0867. The molecular weight excluding hydrogens is 346 g/mol. The van der Waals surface area contributed by atoms with Crippen molar-refractivity contribution in [2.24, 2.45) is 0 Å². The van der Waals surface area contributed by atoms with Crippen LogP contribution in [-0.4, -0.2) is 62.8 Å². The predicted octanol–water partition coefficient (Wildman–Crippen LogP) is 0.528. The molecule has 1 aromatic rings. The van der Waals surface area contributed by atoms with E-state index < -0.39 is 16.1 Å². The van der Waals surface area contributed by atoms with Gasteiger partial charge in [0.05, 0.1) is 18.1 Å². The maximum Gasteiger partial charge on any atom is 0.315 e. The summed E-state index contributed by atoms with van der Waals surface area (Å²) in [5.74, 6) is 0.602. The van der Waals surface area contributed by atoms with Crippen molar-refractivity contribution in [2.45, 2.75) is 36.8 Å². The molecule has 1 unspecified atom stereocenters. The van der Waals surface area contributed by atoms with E-state index in [9.17, 15) is 13.2 Å². The second kappa shape index (κ2) is 8.50. The molecule has 9 heteroatoms. The molecule has 2 amide bonds. The highest BCUT2D eigenvalue weighted by molar-refractivity contribution is 7.89. The van der Waals surface area contributed by atoms with Crippen LogP contribution >= 0.6 is 0 Å². The molecule has 1 heterocycles. The molecule has 140 valence electrons. The maximum atomic E-state index is 12.7. The molecule has 1 aliphatic heterocycles. The molecule has 0 aliphatic carbocycles. The van der Waals surface area contributed by atoms with Gasteiger partial charge in [0.1, 0.15) is 5.75 Å². The Morgan fingerprint density at radius 3 is 2.44 bits per heavy atom. The summed E-state index contributed by atoms with van der Waals surface area (Å²) in [5.41, 5.74) is 0. The number of benzene rings is 1. The Hall–Kier alpha value is -1.84. The van der Waals surface area contributed by atoms with Gasteiger partial charge in [0.2, 0.25) is 10.0 Å². The predicted molar refractivity (Wildman–Crippen MR) is 93.0 cm³/mol.